The third-order valence-electron chi connectivity index (χ3n) is 2.73. The summed E-state index contributed by atoms with van der Waals surface area (Å²) in [6.07, 6.45) is 0.134. The molecule has 0 aliphatic heterocycles. The molecule has 0 saturated heterocycles. The van der Waals surface area contributed by atoms with E-state index in [2.05, 4.69) is 15.9 Å². The van der Waals surface area contributed by atoms with Gasteiger partial charge < -0.3 is 9.52 Å². The summed E-state index contributed by atoms with van der Waals surface area (Å²) in [5, 5.41) is 9.70. The molecule has 0 aliphatic carbocycles. The zero-order valence-electron chi connectivity index (χ0n) is 9.90. The number of rotatable bonds is 3. The van der Waals surface area contributed by atoms with Crippen molar-refractivity contribution in [3.63, 3.8) is 0 Å². The molecule has 0 bridgehead atoms. The van der Waals surface area contributed by atoms with Crippen LogP contribution in [-0.2, 0) is 0 Å². The van der Waals surface area contributed by atoms with Gasteiger partial charge in [-0.25, -0.2) is 0 Å². The average Bonchev–Trinajstić information content (AvgIpc) is 2.77. The lowest BCUT2D eigenvalue weighted by atomic mass is 10.1. The Kier molecular flexibility index (Phi) is 3.69. The first-order valence-electron chi connectivity index (χ1n) is 5.66. The van der Waals surface area contributed by atoms with E-state index in [1.165, 1.54) is 5.56 Å². The predicted octanol–water partition coefficient (Wildman–Crippen LogP) is 4.46. The summed E-state index contributed by atoms with van der Waals surface area (Å²) in [5.74, 6) is 1.40. The van der Waals surface area contributed by atoms with Gasteiger partial charge in [0.05, 0.1) is 0 Å². The second kappa shape index (κ2) is 5.07. The summed E-state index contributed by atoms with van der Waals surface area (Å²) in [6, 6.07) is 9.83. The van der Waals surface area contributed by atoms with Crippen LogP contribution in [0.15, 0.2) is 39.2 Å². The maximum absolute atomic E-state index is 9.70. The van der Waals surface area contributed by atoms with Crippen LogP contribution in [0.25, 0.3) is 11.3 Å². The maximum Gasteiger partial charge on any atom is 0.135 e. The van der Waals surface area contributed by atoms with Crippen LogP contribution < -0.4 is 0 Å². The summed E-state index contributed by atoms with van der Waals surface area (Å²) < 4.78 is 6.67. The molecule has 0 aliphatic rings. The number of aryl methyl sites for hydroxylation is 1. The first-order valence-corrected chi connectivity index (χ1v) is 6.45. The third kappa shape index (κ3) is 2.61. The van der Waals surface area contributed by atoms with Gasteiger partial charge in [0.1, 0.15) is 17.6 Å². The van der Waals surface area contributed by atoms with E-state index >= 15 is 0 Å². The van der Waals surface area contributed by atoms with Crippen LogP contribution in [0, 0.1) is 6.92 Å². The Morgan fingerprint density at radius 1 is 1.29 bits per heavy atom. The molecule has 0 amide bonds. The van der Waals surface area contributed by atoms with Gasteiger partial charge >= 0.3 is 0 Å². The summed E-state index contributed by atoms with van der Waals surface area (Å²) in [4.78, 5) is 0. The highest BCUT2D eigenvalue weighted by Gasteiger charge is 2.12. The smallest absolute Gasteiger partial charge is 0.135 e. The summed E-state index contributed by atoms with van der Waals surface area (Å²) in [5.41, 5.74) is 2.20. The average molecular weight is 295 g/mol. The predicted molar refractivity (Wildman–Crippen MR) is 71.8 cm³/mol. The molecule has 1 aromatic carbocycles. The first kappa shape index (κ1) is 12.4. The van der Waals surface area contributed by atoms with E-state index in [-0.39, 0.29) is 0 Å². The largest absolute Gasteiger partial charge is 0.458 e. The lowest BCUT2D eigenvalue weighted by Crippen LogP contribution is -1.91. The monoisotopic (exact) mass is 294 g/mol. The van der Waals surface area contributed by atoms with Crippen LogP contribution in [0.1, 0.15) is 30.8 Å². The molecule has 0 spiro atoms. The van der Waals surface area contributed by atoms with Crippen molar-refractivity contribution < 1.29 is 9.52 Å². The molecular weight excluding hydrogens is 280 g/mol. The number of halogens is 1. The minimum Gasteiger partial charge on any atom is -0.458 e. The number of aliphatic hydroxyl groups excluding tert-OH is 1. The summed E-state index contributed by atoms with van der Waals surface area (Å²) in [6.45, 7) is 3.97. The molecule has 1 N–H and O–H groups in total. The molecule has 3 heteroatoms. The fraction of sp³-hybridized carbons (Fsp3) is 0.286. The Balaban J connectivity index is 2.37. The van der Waals surface area contributed by atoms with Crippen molar-refractivity contribution in [2.45, 2.75) is 26.4 Å². The molecular formula is C14H15BrO2. The van der Waals surface area contributed by atoms with Gasteiger partial charge in [0.2, 0.25) is 0 Å². The molecule has 0 fully saturated rings. The SMILES string of the molecule is CCC(O)c1ccc(-c2ccc(C)cc2Br)o1. The van der Waals surface area contributed by atoms with Crippen molar-refractivity contribution in [2.75, 3.05) is 0 Å². The fourth-order valence-corrected chi connectivity index (χ4v) is 2.39. The number of benzene rings is 1. The van der Waals surface area contributed by atoms with E-state index in [4.69, 9.17) is 4.42 Å². The number of aliphatic hydroxyl groups is 1. The molecule has 0 saturated carbocycles. The van der Waals surface area contributed by atoms with Crippen LogP contribution in [0.5, 0.6) is 0 Å². The lowest BCUT2D eigenvalue weighted by molar-refractivity contribution is 0.147. The number of hydrogen-bond acceptors (Lipinski definition) is 2. The van der Waals surface area contributed by atoms with E-state index in [9.17, 15) is 5.11 Å². The Morgan fingerprint density at radius 3 is 2.71 bits per heavy atom. The molecule has 1 unspecified atom stereocenters. The van der Waals surface area contributed by atoms with Crippen molar-refractivity contribution in [1.29, 1.82) is 0 Å². The number of furan rings is 1. The summed E-state index contributed by atoms with van der Waals surface area (Å²) in [7, 11) is 0. The van der Waals surface area contributed by atoms with Crippen LogP contribution in [0.2, 0.25) is 0 Å². The van der Waals surface area contributed by atoms with E-state index in [1.54, 1.807) is 0 Å². The lowest BCUT2D eigenvalue weighted by Gasteiger charge is -2.04. The Labute approximate surface area is 109 Å². The van der Waals surface area contributed by atoms with Crippen molar-refractivity contribution in [2.24, 2.45) is 0 Å². The normalized spacial score (nSPS) is 12.7. The Morgan fingerprint density at radius 2 is 2.06 bits per heavy atom. The zero-order valence-corrected chi connectivity index (χ0v) is 11.5. The standard InChI is InChI=1S/C14H15BrO2/c1-3-12(16)14-7-6-13(17-14)10-5-4-9(2)8-11(10)15/h4-8,12,16H,3H2,1-2H3. The first-order chi connectivity index (χ1) is 8.11. The van der Waals surface area contributed by atoms with Gasteiger partial charge in [0.15, 0.2) is 0 Å². The van der Waals surface area contributed by atoms with Crippen LogP contribution >= 0.6 is 15.9 Å². The summed E-state index contributed by atoms with van der Waals surface area (Å²) >= 11 is 3.52. The van der Waals surface area contributed by atoms with Gasteiger partial charge in [0.25, 0.3) is 0 Å². The quantitative estimate of drug-likeness (QED) is 0.906. The topological polar surface area (TPSA) is 33.4 Å². The van der Waals surface area contributed by atoms with E-state index in [0.717, 1.165) is 15.8 Å². The van der Waals surface area contributed by atoms with E-state index in [0.29, 0.717) is 12.2 Å². The maximum atomic E-state index is 9.70. The molecule has 90 valence electrons. The van der Waals surface area contributed by atoms with Gasteiger partial charge in [-0.05, 0) is 43.2 Å². The fourth-order valence-electron chi connectivity index (χ4n) is 1.70. The second-order valence-electron chi connectivity index (χ2n) is 4.11. The zero-order chi connectivity index (χ0) is 12.4. The molecule has 2 aromatic rings. The second-order valence-corrected chi connectivity index (χ2v) is 4.96. The van der Waals surface area contributed by atoms with Gasteiger partial charge in [-0.2, -0.15) is 0 Å². The van der Waals surface area contributed by atoms with Crippen molar-refractivity contribution in [3.8, 4) is 11.3 Å². The highest BCUT2D eigenvalue weighted by atomic mass is 79.9. The van der Waals surface area contributed by atoms with Crippen LogP contribution in [0.3, 0.4) is 0 Å². The molecule has 1 aromatic heterocycles. The van der Waals surface area contributed by atoms with Gasteiger partial charge in [-0.15, -0.1) is 0 Å². The number of hydrogen-bond donors (Lipinski definition) is 1. The van der Waals surface area contributed by atoms with Crippen molar-refractivity contribution in [1.82, 2.24) is 0 Å². The molecule has 17 heavy (non-hydrogen) atoms. The van der Waals surface area contributed by atoms with Crippen molar-refractivity contribution >= 4 is 15.9 Å². The molecule has 2 rings (SSSR count). The van der Waals surface area contributed by atoms with Crippen LogP contribution in [0.4, 0.5) is 0 Å². The minimum atomic E-state index is -0.520. The minimum absolute atomic E-state index is 0.520. The van der Waals surface area contributed by atoms with E-state index < -0.39 is 6.10 Å². The molecule has 1 heterocycles. The molecule has 0 radical (unpaired) electrons. The van der Waals surface area contributed by atoms with Gasteiger partial charge in [0, 0.05) is 10.0 Å². The molecule has 2 nitrogen and oxygen atoms in total. The Hall–Kier alpha value is -1.06. The van der Waals surface area contributed by atoms with E-state index in [1.807, 2.05) is 44.2 Å². The van der Waals surface area contributed by atoms with Crippen LogP contribution in [-0.4, -0.2) is 5.11 Å². The van der Waals surface area contributed by atoms with Crippen molar-refractivity contribution in [3.05, 3.63) is 46.1 Å². The van der Waals surface area contributed by atoms with Gasteiger partial charge in [-0.1, -0.05) is 28.9 Å². The Bertz CT molecular complexity index is 517. The highest BCUT2D eigenvalue weighted by Crippen LogP contribution is 2.32. The van der Waals surface area contributed by atoms with Gasteiger partial charge in [-0.3, -0.25) is 0 Å². The highest BCUT2D eigenvalue weighted by molar-refractivity contribution is 9.10. The third-order valence-corrected chi connectivity index (χ3v) is 3.39. The molecule has 1 atom stereocenters.